The number of rotatable bonds is 8. The third-order valence-electron chi connectivity index (χ3n) is 2.99. The summed E-state index contributed by atoms with van der Waals surface area (Å²) < 4.78 is 25.6. The van der Waals surface area contributed by atoms with Gasteiger partial charge in [0.05, 0.1) is 5.75 Å². The van der Waals surface area contributed by atoms with Gasteiger partial charge in [0.15, 0.2) is 0 Å². The highest BCUT2D eigenvalue weighted by Gasteiger charge is 2.22. The standard InChI is InChI=1S/C12H22N2O2S2/c1-11(10-12-6-5-8-17-12)14(2)18(15,16)9-4-3-7-13/h5-6,8,11H,3-4,7,9-10,13H2,1-2H3. The zero-order chi connectivity index (χ0) is 13.6. The van der Waals surface area contributed by atoms with E-state index in [1.54, 1.807) is 18.4 Å². The molecule has 1 aromatic heterocycles. The number of unbranched alkanes of at least 4 members (excludes halogenated alkanes) is 1. The predicted molar refractivity (Wildman–Crippen MR) is 77.3 cm³/mol. The Labute approximate surface area is 114 Å². The molecule has 1 atom stereocenters. The normalized spacial score (nSPS) is 14.0. The van der Waals surface area contributed by atoms with Crippen LogP contribution in [-0.2, 0) is 16.4 Å². The van der Waals surface area contributed by atoms with Gasteiger partial charge in [-0.3, -0.25) is 0 Å². The fraction of sp³-hybridized carbons (Fsp3) is 0.667. The van der Waals surface area contributed by atoms with Gasteiger partial charge in [-0.05, 0) is 44.2 Å². The van der Waals surface area contributed by atoms with Gasteiger partial charge in [-0.15, -0.1) is 11.3 Å². The first-order chi connectivity index (χ1) is 8.47. The molecule has 1 aromatic rings. The zero-order valence-corrected chi connectivity index (χ0v) is 12.6. The van der Waals surface area contributed by atoms with E-state index in [4.69, 9.17) is 5.73 Å². The first-order valence-electron chi connectivity index (χ1n) is 6.15. The SMILES string of the molecule is CC(Cc1cccs1)N(C)S(=O)(=O)CCCCN. The summed E-state index contributed by atoms with van der Waals surface area (Å²) in [5.41, 5.74) is 5.38. The predicted octanol–water partition coefficient (Wildman–Crippen LogP) is 1.68. The molecule has 0 aromatic carbocycles. The second-order valence-electron chi connectivity index (χ2n) is 4.46. The summed E-state index contributed by atoms with van der Waals surface area (Å²) in [6.45, 7) is 2.49. The monoisotopic (exact) mass is 290 g/mol. The fourth-order valence-electron chi connectivity index (χ4n) is 1.70. The average Bonchev–Trinajstić information content (AvgIpc) is 2.81. The lowest BCUT2D eigenvalue weighted by Crippen LogP contribution is -2.37. The Kier molecular flexibility index (Phi) is 6.28. The molecule has 0 bridgehead atoms. The number of sulfonamides is 1. The van der Waals surface area contributed by atoms with Crippen molar-refractivity contribution in [3.63, 3.8) is 0 Å². The Balaban J connectivity index is 2.53. The fourth-order valence-corrected chi connectivity index (χ4v) is 4.00. The molecule has 0 saturated carbocycles. The van der Waals surface area contributed by atoms with Crippen LogP contribution in [-0.4, -0.2) is 38.1 Å². The highest BCUT2D eigenvalue weighted by Crippen LogP contribution is 2.16. The molecule has 0 amide bonds. The van der Waals surface area contributed by atoms with E-state index < -0.39 is 10.0 Å². The van der Waals surface area contributed by atoms with Crippen molar-refractivity contribution in [1.82, 2.24) is 4.31 Å². The molecule has 0 radical (unpaired) electrons. The van der Waals surface area contributed by atoms with Crippen molar-refractivity contribution in [3.05, 3.63) is 22.4 Å². The molecule has 0 spiro atoms. The molecule has 0 aliphatic carbocycles. The van der Waals surface area contributed by atoms with Crippen LogP contribution < -0.4 is 5.73 Å². The minimum atomic E-state index is -3.15. The van der Waals surface area contributed by atoms with Gasteiger partial charge in [-0.25, -0.2) is 12.7 Å². The second kappa shape index (κ2) is 7.23. The molecule has 0 aliphatic rings. The number of nitrogens with two attached hydrogens (primary N) is 1. The van der Waals surface area contributed by atoms with Crippen molar-refractivity contribution in [2.75, 3.05) is 19.3 Å². The van der Waals surface area contributed by atoms with Crippen molar-refractivity contribution in [2.24, 2.45) is 5.73 Å². The first-order valence-corrected chi connectivity index (χ1v) is 8.64. The van der Waals surface area contributed by atoms with E-state index in [1.807, 2.05) is 24.4 Å². The molecule has 104 valence electrons. The lowest BCUT2D eigenvalue weighted by Gasteiger charge is -2.23. The van der Waals surface area contributed by atoms with Gasteiger partial charge >= 0.3 is 0 Å². The van der Waals surface area contributed by atoms with Crippen molar-refractivity contribution < 1.29 is 8.42 Å². The Morgan fingerprint density at radius 2 is 2.17 bits per heavy atom. The number of hydrogen-bond acceptors (Lipinski definition) is 4. The van der Waals surface area contributed by atoms with Crippen LogP contribution in [0, 0.1) is 0 Å². The number of nitrogens with zero attached hydrogens (tertiary/aromatic N) is 1. The summed E-state index contributed by atoms with van der Waals surface area (Å²) in [7, 11) is -1.49. The molecule has 1 heterocycles. The number of likely N-dealkylation sites (N-methyl/N-ethyl adjacent to an activating group) is 1. The maximum Gasteiger partial charge on any atom is 0.214 e. The van der Waals surface area contributed by atoms with E-state index in [1.165, 1.54) is 9.18 Å². The van der Waals surface area contributed by atoms with Crippen LogP contribution in [0.3, 0.4) is 0 Å². The van der Waals surface area contributed by atoms with Crippen LogP contribution in [0.2, 0.25) is 0 Å². The van der Waals surface area contributed by atoms with E-state index in [9.17, 15) is 8.42 Å². The van der Waals surface area contributed by atoms with E-state index in [0.717, 1.165) is 12.8 Å². The first kappa shape index (κ1) is 15.6. The molecule has 0 aliphatic heterocycles. The number of thiophene rings is 1. The van der Waals surface area contributed by atoms with Crippen molar-refractivity contribution in [2.45, 2.75) is 32.2 Å². The van der Waals surface area contributed by atoms with Gasteiger partial charge in [0.25, 0.3) is 0 Å². The maximum absolute atomic E-state index is 12.1. The molecule has 1 unspecified atom stereocenters. The van der Waals surface area contributed by atoms with Crippen molar-refractivity contribution in [1.29, 1.82) is 0 Å². The largest absolute Gasteiger partial charge is 0.330 e. The lowest BCUT2D eigenvalue weighted by atomic mass is 10.2. The summed E-state index contributed by atoms with van der Waals surface area (Å²) >= 11 is 1.66. The Bertz CT molecular complexity index is 429. The minimum Gasteiger partial charge on any atom is -0.330 e. The third-order valence-corrected chi connectivity index (χ3v) is 5.93. The summed E-state index contributed by atoms with van der Waals surface area (Å²) in [4.78, 5) is 1.21. The van der Waals surface area contributed by atoms with Crippen molar-refractivity contribution in [3.8, 4) is 0 Å². The van der Waals surface area contributed by atoms with Gasteiger partial charge in [0, 0.05) is 18.0 Å². The molecule has 1 rings (SSSR count). The average molecular weight is 290 g/mol. The van der Waals surface area contributed by atoms with Crippen LogP contribution >= 0.6 is 11.3 Å². The molecule has 18 heavy (non-hydrogen) atoms. The topological polar surface area (TPSA) is 63.4 Å². The molecule has 0 fully saturated rings. The highest BCUT2D eigenvalue weighted by molar-refractivity contribution is 7.89. The van der Waals surface area contributed by atoms with Crippen LogP contribution in [0.25, 0.3) is 0 Å². The second-order valence-corrected chi connectivity index (χ2v) is 7.64. The van der Waals surface area contributed by atoms with Crippen LogP contribution in [0.4, 0.5) is 0 Å². The summed E-state index contributed by atoms with van der Waals surface area (Å²) in [6, 6.07) is 4.02. The van der Waals surface area contributed by atoms with Gasteiger partial charge in [-0.2, -0.15) is 0 Å². The van der Waals surface area contributed by atoms with Gasteiger partial charge in [0.2, 0.25) is 10.0 Å². The van der Waals surface area contributed by atoms with E-state index >= 15 is 0 Å². The Hall–Kier alpha value is -0.430. The van der Waals surface area contributed by atoms with E-state index in [2.05, 4.69) is 0 Å². The van der Waals surface area contributed by atoms with Crippen LogP contribution in [0.1, 0.15) is 24.6 Å². The van der Waals surface area contributed by atoms with Crippen LogP contribution in [0.5, 0.6) is 0 Å². The molecule has 6 heteroatoms. The Morgan fingerprint density at radius 1 is 1.44 bits per heavy atom. The number of hydrogen-bond donors (Lipinski definition) is 1. The smallest absolute Gasteiger partial charge is 0.214 e. The van der Waals surface area contributed by atoms with Crippen LogP contribution in [0.15, 0.2) is 17.5 Å². The molecule has 4 nitrogen and oxygen atoms in total. The molecular formula is C12H22N2O2S2. The third kappa shape index (κ3) is 4.68. The van der Waals surface area contributed by atoms with E-state index in [0.29, 0.717) is 13.0 Å². The quantitative estimate of drug-likeness (QED) is 0.741. The maximum atomic E-state index is 12.1. The lowest BCUT2D eigenvalue weighted by molar-refractivity contribution is 0.387. The van der Waals surface area contributed by atoms with E-state index in [-0.39, 0.29) is 11.8 Å². The summed E-state index contributed by atoms with van der Waals surface area (Å²) in [6.07, 6.45) is 2.16. The van der Waals surface area contributed by atoms with Crippen molar-refractivity contribution >= 4 is 21.4 Å². The molecule has 0 saturated heterocycles. The summed E-state index contributed by atoms with van der Waals surface area (Å²) in [5, 5.41) is 2.01. The van der Waals surface area contributed by atoms with Gasteiger partial charge in [0.1, 0.15) is 0 Å². The molecule has 2 N–H and O–H groups in total. The Morgan fingerprint density at radius 3 is 2.72 bits per heavy atom. The minimum absolute atomic E-state index is 0.00785. The zero-order valence-electron chi connectivity index (χ0n) is 11.0. The summed E-state index contributed by atoms with van der Waals surface area (Å²) in [5.74, 6) is 0.190. The van der Waals surface area contributed by atoms with Gasteiger partial charge in [-0.1, -0.05) is 6.07 Å². The molecular weight excluding hydrogens is 268 g/mol. The van der Waals surface area contributed by atoms with Gasteiger partial charge < -0.3 is 5.73 Å². The highest BCUT2D eigenvalue weighted by atomic mass is 32.2.